The molecule has 0 aliphatic carbocycles. The van der Waals surface area contributed by atoms with Gasteiger partial charge >= 0.3 is 0 Å². The lowest BCUT2D eigenvalue weighted by molar-refractivity contribution is 0.238. The highest BCUT2D eigenvalue weighted by molar-refractivity contribution is 8.05. The summed E-state index contributed by atoms with van der Waals surface area (Å²) in [6, 6.07) is 22.9. The van der Waals surface area contributed by atoms with Gasteiger partial charge in [-0.05, 0) is 74.0 Å². The summed E-state index contributed by atoms with van der Waals surface area (Å²) in [5.41, 5.74) is 1.34. The van der Waals surface area contributed by atoms with Crippen LogP contribution in [0.3, 0.4) is 0 Å². The monoisotopic (exact) mass is 467 g/mol. The average Bonchev–Trinajstić information content (AvgIpc) is 3.34. The minimum absolute atomic E-state index is 0.322. The Morgan fingerprint density at radius 3 is 2.28 bits per heavy atom. The van der Waals surface area contributed by atoms with E-state index in [4.69, 9.17) is 9.84 Å². The van der Waals surface area contributed by atoms with Crippen molar-refractivity contribution in [2.24, 2.45) is 0 Å². The number of hydrogen-bond acceptors (Lipinski definition) is 6. The molecular weight excluding hydrogens is 438 g/mol. The summed E-state index contributed by atoms with van der Waals surface area (Å²) >= 11 is 3.70. The lowest BCUT2D eigenvalue weighted by Gasteiger charge is -2.24. The first-order chi connectivity index (χ1) is 15.7. The van der Waals surface area contributed by atoms with Crippen LogP contribution in [0.5, 0.6) is 17.2 Å². The molecule has 0 aromatic heterocycles. The van der Waals surface area contributed by atoms with Gasteiger partial charge in [-0.25, -0.2) is 0 Å². The molecule has 0 unspecified atom stereocenters. The van der Waals surface area contributed by atoms with Crippen LogP contribution in [0.2, 0.25) is 0 Å². The van der Waals surface area contributed by atoms with Crippen LogP contribution in [-0.2, 0) is 0 Å². The Kier molecular flexibility index (Phi) is 8.26. The molecule has 1 atom stereocenters. The number of aromatic hydroxyl groups is 2. The van der Waals surface area contributed by atoms with Gasteiger partial charge in [-0.3, -0.25) is 4.90 Å². The Labute approximate surface area is 198 Å². The van der Waals surface area contributed by atoms with Gasteiger partial charge in [0.2, 0.25) is 0 Å². The number of benzene rings is 3. The maximum atomic E-state index is 9.60. The second-order valence-electron chi connectivity index (χ2n) is 7.85. The molecule has 5 rings (SSSR count). The molecule has 0 radical (unpaired) electrons. The number of phenols is 2. The smallest absolute Gasteiger partial charge is 0.119 e. The van der Waals surface area contributed by atoms with E-state index in [0.29, 0.717) is 16.7 Å². The van der Waals surface area contributed by atoms with Crippen molar-refractivity contribution in [3.05, 3.63) is 78.4 Å². The average molecular weight is 468 g/mol. The number of likely N-dealkylation sites (tertiary alicyclic amines) is 1. The zero-order valence-electron chi connectivity index (χ0n) is 18.0. The van der Waals surface area contributed by atoms with Crippen LogP contribution in [0, 0.1) is 0 Å². The molecule has 2 aliphatic rings. The molecule has 2 aliphatic heterocycles. The second kappa shape index (κ2) is 11.5. The minimum atomic E-state index is 0.322. The molecule has 6 heteroatoms. The van der Waals surface area contributed by atoms with Crippen molar-refractivity contribution in [3.63, 3.8) is 0 Å². The van der Waals surface area contributed by atoms with Crippen molar-refractivity contribution in [2.45, 2.75) is 27.9 Å². The van der Waals surface area contributed by atoms with Crippen molar-refractivity contribution in [3.8, 4) is 17.2 Å². The molecule has 0 bridgehead atoms. The van der Waals surface area contributed by atoms with Crippen molar-refractivity contribution >= 4 is 23.5 Å². The molecule has 3 aromatic carbocycles. The van der Waals surface area contributed by atoms with Crippen molar-refractivity contribution < 1.29 is 14.9 Å². The van der Waals surface area contributed by atoms with Gasteiger partial charge < -0.3 is 14.9 Å². The normalized spacial score (nSPS) is 17.8. The molecule has 2 N–H and O–H groups in total. The Balaban J connectivity index is 0.000000300. The summed E-state index contributed by atoms with van der Waals surface area (Å²) in [6.45, 7) is 4.24. The van der Waals surface area contributed by atoms with Gasteiger partial charge in [-0.1, -0.05) is 30.3 Å². The van der Waals surface area contributed by atoms with E-state index in [1.165, 1.54) is 41.3 Å². The number of rotatable bonds is 5. The van der Waals surface area contributed by atoms with Crippen molar-refractivity contribution in [1.82, 2.24) is 4.90 Å². The quantitative estimate of drug-likeness (QED) is 0.466. The van der Waals surface area contributed by atoms with Gasteiger partial charge in [0, 0.05) is 27.3 Å². The number of nitrogens with zero attached hydrogens (tertiary/aromatic N) is 1. The van der Waals surface area contributed by atoms with E-state index in [1.807, 2.05) is 41.7 Å². The van der Waals surface area contributed by atoms with Gasteiger partial charge in [0.15, 0.2) is 0 Å². The maximum absolute atomic E-state index is 9.60. The van der Waals surface area contributed by atoms with Crippen LogP contribution in [0.15, 0.2) is 82.6 Å². The summed E-state index contributed by atoms with van der Waals surface area (Å²) in [5.74, 6) is 2.65. The van der Waals surface area contributed by atoms with Gasteiger partial charge in [0.05, 0.1) is 0 Å². The third-order valence-corrected chi connectivity index (χ3v) is 8.29. The number of para-hydroxylation sites is 1. The first kappa shape index (κ1) is 22.9. The van der Waals surface area contributed by atoms with Gasteiger partial charge in [0.1, 0.15) is 23.9 Å². The summed E-state index contributed by atoms with van der Waals surface area (Å²) in [6.07, 6.45) is 2.66. The Morgan fingerprint density at radius 2 is 1.59 bits per heavy atom. The van der Waals surface area contributed by atoms with Crippen LogP contribution < -0.4 is 4.74 Å². The highest BCUT2D eigenvalue weighted by Crippen LogP contribution is 2.48. The molecule has 1 fully saturated rings. The van der Waals surface area contributed by atoms with E-state index >= 15 is 0 Å². The van der Waals surface area contributed by atoms with Crippen molar-refractivity contribution in [2.75, 3.05) is 32.0 Å². The number of phenolic OH excluding ortho intramolecular Hbond substituents is 2. The Hall–Kier alpha value is -2.28. The first-order valence-corrected chi connectivity index (χ1v) is 12.9. The van der Waals surface area contributed by atoms with E-state index in [2.05, 4.69) is 29.2 Å². The van der Waals surface area contributed by atoms with Crippen LogP contribution >= 0.6 is 23.5 Å². The van der Waals surface area contributed by atoms with Crippen LogP contribution in [0.25, 0.3) is 0 Å². The molecular formula is C26H29NO3S2. The molecule has 32 heavy (non-hydrogen) atoms. The predicted octanol–water partition coefficient (Wildman–Crippen LogP) is 6.20. The van der Waals surface area contributed by atoms with Gasteiger partial charge in [-0.15, -0.1) is 23.5 Å². The molecule has 0 spiro atoms. The van der Waals surface area contributed by atoms with E-state index in [1.54, 1.807) is 30.3 Å². The summed E-state index contributed by atoms with van der Waals surface area (Å²) in [7, 11) is 0. The van der Waals surface area contributed by atoms with Gasteiger partial charge in [-0.2, -0.15) is 0 Å². The molecule has 2 heterocycles. The third-order valence-electron chi connectivity index (χ3n) is 5.47. The first-order valence-electron chi connectivity index (χ1n) is 11.0. The number of thioether (sulfide) groups is 2. The van der Waals surface area contributed by atoms with Crippen LogP contribution in [0.4, 0.5) is 0 Å². The summed E-state index contributed by atoms with van der Waals surface area (Å²) in [5, 5.41) is 18.7. The number of fused-ring (bicyclic) bond motifs is 1. The lowest BCUT2D eigenvalue weighted by Crippen LogP contribution is -2.25. The lowest BCUT2D eigenvalue weighted by atomic mass is 10.1. The molecule has 0 amide bonds. The topological polar surface area (TPSA) is 52.9 Å². The van der Waals surface area contributed by atoms with Crippen LogP contribution in [-0.4, -0.2) is 47.1 Å². The Morgan fingerprint density at radius 1 is 0.844 bits per heavy atom. The Bertz CT molecular complexity index is 976. The standard InChI is InChI=1S/C20H23NO2S2.C6H6O/c22-16-5-8-18-19(13-16)24-14-20(25-18)15-3-6-17(7-4-15)23-12-11-21-9-1-2-10-21;7-6-4-2-1-3-5-6/h3-8,13,20,22H,1-2,9-12,14H2;1-5,7H/t20-;/m1./s1. The summed E-state index contributed by atoms with van der Waals surface area (Å²) in [4.78, 5) is 4.91. The van der Waals surface area contributed by atoms with E-state index in [9.17, 15) is 5.11 Å². The molecule has 4 nitrogen and oxygen atoms in total. The van der Waals surface area contributed by atoms with Crippen molar-refractivity contribution in [1.29, 1.82) is 0 Å². The molecule has 0 saturated carbocycles. The zero-order chi connectivity index (χ0) is 22.2. The maximum Gasteiger partial charge on any atom is 0.119 e. The molecule has 1 saturated heterocycles. The second-order valence-corrected chi connectivity index (χ2v) is 10.2. The number of ether oxygens (including phenoxy) is 1. The fourth-order valence-electron chi connectivity index (χ4n) is 3.73. The van der Waals surface area contributed by atoms with E-state index < -0.39 is 0 Å². The fourth-order valence-corrected chi connectivity index (χ4v) is 6.39. The largest absolute Gasteiger partial charge is 0.508 e. The fraction of sp³-hybridized carbons (Fsp3) is 0.308. The zero-order valence-corrected chi connectivity index (χ0v) is 19.7. The van der Waals surface area contributed by atoms with Crippen LogP contribution in [0.1, 0.15) is 23.7 Å². The molecule has 3 aromatic rings. The SMILES string of the molecule is Oc1ccc2c(c1)SC[C@H](c1ccc(OCCN3CCCC3)cc1)S2.Oc1ccccc1. The van der Waals surface area contributed by atoms with E-state index in [-0.39, 0.29) is 0 Å². The highest BCUT2D eigenvalue weighted by Gasteiger charge is 2.21. The van der Waals surface area contributed by atoms with Gasteiger partial charge in [0.25, 0.3) is 0 Å². The highest BCUT2D eigenvalue weighted by atomic mass is 32.2. The third kappa shape index (κ3) is 6.61. The van der Waals surface area contributed by atoms with E-state index in [0.717, 1.165) is 24.7 Å². The predicted molar refractivity (Wildman–Crippen MR) is 133 cm³/mol. The summed E-state index contributed by atoms with van der Waals surface area (Å²) < 4.78 is 5.90. The number of hydrogen-bond donors (Lipinski definition) is 2. The minimum Gasteiger partial charge on any atom is -0.508 e. The molecule has 168 valence electrons.